The van der Waals surface area contributed by atoms with Gasteiger partial charge < -0.3 is 9.47 Å². The van der Waals surface area contributed by atoms with Gasteiger partial charge in [-0.15, -0.1) is 0 Å². The highest BCUT2D eigenvalue weighted by atomic mass is 15.1. The van der Waals surface area contributed by atoms with Crippen LogP contribution in [-0.2, 0) is 13.5 Å². The van der Waals surface area contributed by atoms with Gasteiger partial charge in [0.2, 0.25) is 0 Å². The fraction of sp³-hybridized carbons (Fsp3) is 0.478. The maximum absolute atomic E-state index is 4.85. The van der Waals surface area contributed by atoms with E-state index < -0.39 is 0 Å². The number of aryl methyl sites for hydroxylation is 2. The molecule has 142 valence electrons. The lowest BCUT2D eigenvalue weighted by Gasteiger charge is -2.28. The van der Waals surface area contributed by atoms with Gasteiger partial charge in [-0.3, -0.25) is 4.98 Å². The highest BCUT2D eigenvalue weighted by molar-refractivity contribution is 5.67. The van der Waals surface area contributed by atoms with E-state index in [1.54, 1.807) is 0 Å². The Morgan fingerprint density at radius 1 is 1.19 bits per heavy atom. The Kier molecular flexibility index (Phi) is 4.90. The van der Waals surface area contributed by atoms with Gasteiger partial charge in [0.25, 0.3) is 0 Å². The molecule has 0 amide bonds. The lowest BCUT2D eigenvalue weighted by atomic mass is 9.82. The van der Waals surface area contributed by atoms with Gasteiger partial charge in [0, 0.05) is 31.4 Å². The molecule has 0 unspecified atom stereocenters. The summed E-state index contributed by atoms with van der Waals surface area (Å²) in [4.78, 5) is 11.7. The SMILES string of the molecule is CCC1=C(N(C)c2cnc(C3CCC3)cc2CC)C=c2c(ncn2C)=CC1. The zero-order chi connectivity index (χ0) is 19.0. The van der Waals surface area contributed by atoms with E-state index in [0.717, 1.165) is 24.6 Å². The molecule has 2 aliphatic rings. The largest absolute Gasteiger partial charge is 0.343 e. The molecule has 0 saturated heterocycles. The van der Waals surface area contributed by atoms with E-state index in [2.05, 4.69) is 66.8 Å². The zero-order valence-corrected chi connectivity index (χ0v) is 17.0. The van der Waals surface area contributed by atoms with Crippen molar-refractivity contribution in [1.82, 2.24) is 14.5 Å². The molecule has 0 aromatic carbocycles. The van der Waals surface area contributed by atoms with Gasteiger partial charge in [-0.1, -0.05) is 26.3 Å². The van der Waals surface area contributed by atoms with E-state index in [1.807, 2.05) is 6.33 Å². The minimum absolute atomic E-state index is 0.677. The van der Waals surface area contributed by atoms with Crippen molar-refractivity contribution < 1.29 is 0 Å². The molecular weight excluding hydrogens is 332 g/mol. The quantitative estimate of drug-likeness (QED) is 0.817. The first-order valence-corrected chi connectivity index (χ1v) is 10.3. The molecule has 2 aromatic rings. The first-order valence-electron chi connectivity index (χ1n) is 10.3. The van der Waals surface area contributed by atoms with Crippen LogP contribution < -0.4 is 15.6 Å². The molecule has 4 heteroatoms. The molecule has 0 bridgehead atoms. The number of anilines is 1. The van der Waals surface area contributed by atoms with Crippen molar-refractivity contribution in [2.24, 2.45) is 7.05 Å². The van der Waals surface area contributed by atoms with Crippen molar-refractivity contribution in [2.75, 3.05) is 11.9 Å². The predicted octanol–water partition coefficient (Wildman–Crippen LogP) is 3.41. The normalized spacial score (nSPS) is 16.9. The van der Waals surface area contributed by atoms with Gasteiger partial charge in [-0.05, 0) is 55.4 Å². The molecule has 2 aliphatic carbocycles. The van der Waals surface area contributed by atoms with E-state index >= 15 is 0 Å². The van der Waals surface area contributed by atoms with Crippen LogP contribution in [0.1, 0.15) is 63.1 Å². The molecule has 0 atom stereocenters. The Balaban J connectivity index is 1.78. The highest BCUT2D eigenvalue weighted by Crippen LogP contribution is 2.37. The van der Waals surface area contributed by atoms with Crippen molar-refractivity contribution in [3.05, 3.63) is 51.8 Å². The number of imidazole rings is 1. The van der Waals surface area contributed by atoms with Crippen LogP contribution in [0.5, 0.6) is 0 Å². The summed E-state index contributed by atoms with van der Waals surface area (Å²) in [5.41, 5.74) is 6.63. The zero-order valence-electron chi connectivity index (χ0n) is 17.0. The fourth-order valence-electron chi connectivity index (χ4n) is 4.16. The van der Waals surface area contributed by atoms with Gasteiger partial charge in [-0.2, -0.15) is 0 Å². The molecule has 4 nitrogen and oxygen atoms in total. The van der Waals surface area contributed by atoms with Gasteiger partial charge in [0.05, 0.1) is 28.9 Å². The van der Waals surface area contributed by atoms with Crippen molar-refractivity contribution in [1.29, 1.82) is 0 Å². The van der Waals surface area contributed by atoms with Gasteiger partial charge >= 0.3 is 0 Å². The molecular formula is C23H30N4. The average molecular weight is 363 g/mol. The summed E-state index contributed by atoms with van der Waals surface area (Å²) in [7, 11) is 4.25. The third-order valence-corrected chi connectivity index (χ3v) is 6.23. The lowest BCUT2D eigenvalue weighted by Crippen LogP contribution is -2.30. The lowest BCUT2D eigenvalue weighted by molar-refractivity contribution is 0.411. The number of aromatic nitrogens is 3. The minimum atomic E-state index is 0.677. The van der Waals surface area contributed by atoms with E-state index in [0.29, 0.717) is 5.92 Å². The number of hydrogen-bond donors (Lipinski definition) is 0. The molecule has 1 saturated carbocycles. The number of fused-ring (bicyclic) bond motifs is 1. The summed E-state index contributed by atoms with van der Waals surface area (Å²) in [5, 5.41) is 2.26. The Labute approximate surface area is 162 Å². The molecule has 0 aliphatic heterocycles. The Morgan fingerprint density at radius 2 is 2.00 bits per heavy atom. The van der Waals surface area contributed by atoms with Gasteiger partial charge in [0.1, 0.15) is 0 Å². The minimum Gasteiger partial charge on any atom is -0.343 e. The van der Waals surface area contributed by atoms with Crippen LogP contribution in [0, 0.1) is 0 Å². The molecule has 4 rings (SSSR count). The van der Waals surface area contributed by atoms with E-state index in [9.17, 15) is 0 Å². The number of rotatable bonds is 5. The Bertz CT molecular complexity index is 992. The highest BCUT2D eigenvalue weighted by Gasteiger charge is 2.23. The average Bonchev–Trinajstić information content (AvgIpc) is 2.88. The van der Waals surface area contributed by atoms with Crippen LogP contribution >= 0.6 is 0 Å². The topological polar surface area (TPSA) is 34.0 Å². The van der Waals surface area contributed by atoms with E-state index in [4.69, 9.17) is 4.98 Å². The van der Waals surface area contributed by atoms with E-state index in [1.165, 1.54) is 52.8 Å². The maximum Gasteiger partial charge on any atom is 0.0955 e. The number of nitrogens with zero attached hydrogens (tertiary/aromatic N) is 4. The first kappa shape index (κ1) is 18.0. The summed E-state index contributed by atoms with van der Waals surface area (Å²) in [6.07, 6.45) is 15.5. The molecule has 2 aromatic heterocycles. The van der Waals surface area contributed by atoms with Crippen molar-refractivity contribution in [2.45, 2.75) is 58.3 Å². The van der Waals surface area contributed by atoms with Crippen LogP contribution in [0.15, 0.2) is 29.9 Å². The third-order valence-electron chi connectivity index (χ3n) is 6.23. The molecule has 0 spiro atoms. The van der Waals surface area contributed by atoms with Crippen molar-refractivity contribution >= 4 is 17.8 Å². The van der Waals surface area contributed by atoms with Gasteiger partial charge in [0.15, 0.2) is 0 Å². The fourth-order valence-corrected chi connectivity index (χ4v) is 4.16. The van der Waals surface area contributed by atoms with Gasteiger partial charge in [-0.25, -0.2) is 4.98 Å². The predicted molar refractivity (Wildman–Crippen MR) is 112 cm³/mol. The first-order chi connectivity index (χ1) is 13.1. The van der Waals surface area contributed by atoms with Crippen LogP contribution in [0.4, 0.5) is 5.69 Å². The molecule has 0 radical (unpaired) electrons. The second-order valence-electron chi connectivity index (χ2n) is 7.80. The Hall–Kier alpha value is -2.36. The smallest absolute Gasteiger partial charge is 0.0955 e. The van der Waals surface area contributed by atoms with E-state index in [-0.39, 0.29) is 0 Å². The molecule has 1 fully saturated rings. The summed E-state index contributed by atoms with van der Waals surface area (Å²) in [6, 6.07) is 2.35. The summed E-state index contributed by atoms with van der Waals surface area (Å²) in [6.45, 7) is 4.49. The molecule has 27 heavy (non-hydrogen) atoms. The van der Waals surface area contributed by atoms with Crippen LogP contribution in [-0.4, -0.2) is 21.6 Å². The second-order valence-corrected chi connectivity index (χ2v) is 7.80. The summed E-state index contributed by atoms with van der Waals surface area (Å²) >= 11 is 0. The third kappa shape index (κ3) is 3.22. The Morgan fingerprint density at radius 3 is 2.67 bits per heavy atom. The van der Waals surface area contributed by atoms with Crippen molar-refractivity contribution in [3.63, 3.8) is 0 Å². The molecule has 2 heterocycles. The maximum atomic E-state index is 4.85. The number of allylic oxidation sites excluding steroid dienone is 2. The van der Waals surface area contributed by atoms with Crippen LogP contribution in [0.25, 0.3) is 12.2 Å². The summed E-state index contributed by atoms with van der Waals surface area (Å²) in [5.74, 6) is 0.677. The number of pyridine rings is 1. The van der Waals surface area contributed by atoms with Crippen LogP contribution in [0.2, 0.25) is 0 Å². The van der Waals surface area contributed by atoms with Crippen LogP contribution in [0.3, 0.4) is 0 Å². The molecule has 0 N–H and O–H groups in total. The number of hydrogen-bond acceptors (Lipinski definition) is 3. The monoisotopic (exact) mass is 362 g/mol. The second kappa shape index (κ2) is 7.34. The standard InChI is InChI=1S/C23H30N4/c1-5-16-10-11-19-22(26(3)15-25-19)13-21(16)27(4)23-14-24-20(12-17(23)6-2)18-8-7-9-18/h11-15,18H,5-10H2,1-4H3. The van der Waals surface area contributed by atoms with Crippen molar-refractivity contribution in [3.8, 4) is 0 Å². The summed E-state index contributed by atoms with van der Waals surface area (Å²) < 4.78 is 2.11.